The van der Waals surface area contributed by atoms with E-state index in [1.807, 2.05) is 75.6 Å². The van der Waals surface area contributed by atoms with Gasteiger partial charge in [-0.25, -0.2) is 9.59 Å². The average molecular weight is 642 g/mol. The Morgan fingerprint density at radius 1 is 0.822 bits per heavy atom. The molecule has 0 radical (unpaired) electrons. The molecule has 0 aromatic heterocycles. The highest BCUT2D eigenvalue weighted by molar-refractivity contribution is 7.98. The van der Waals surface area contributed by atoms with E-state index in [1.165, 1.54) is 4.90 Å². The van der Waals surface area contributed by atoms with Crippen LogP contribution < -0.4 is 10.6 Å². The summed E-state index contributed by atoms with van der Waals surface area (Å²) in [7, 11) is 0. The van der Waals surface area contributed by atoms with E-state index in [1.54, 1.807) is 59.4 Å². The van der Waals surface area contributed by atoms with Gasteiger partial charge < -0.3 is 25.0 Å². The second-order valence-electron chi connectivity index (χ2n) is 13.4. The van der Waals surface area contributed by atoms with Gasteiger partial charge in [0.1, 0.15) is 29.3 Å². The fraction of sp³-hybridized carbons (Fsp3) is 0.543. The lowest BCUT2D eigenvalue weighted by Crippen LogP contribution is -2.57. The molecule has 0 aliphatic heterocycles. The molecule has 0 saturated heterocycles. The third kappa shape index (κ3) is 12.4. The molecule has 0 fully saturated rings. The standard InChI is InChI=1S/C35H51N3O6S/c1-23(2)38(31(40)27(20-21-45-10)37-33(42)44-35(7,8)9)29(26-19-15-14-16-24(26)3)30(39)36-28(32(41)43-34(4,5)6)22-25-17-12-11-13-18-25/h11-19,23,27-29H,20-22H2,1-10H3,(H,36,39)(H,37,42). The van der Waals surface area contributed by atoms with E-state index >= 15 is 0 Å². The molecular weight excluding hydrogens is 590 g/mol. The summed E-state index contributed by atoms with van der Waals surface area (Å²) in [5, 5.41) is 5.68. The lowest BCUT2D eigenvalue weighted by molar-refractivity contribution is -0.159. The first kappa shape index (κ1) is 37.7. The molecule has 0 saturated carbocycles. The Hall–Kier alpha value is -3.53. The highest BCUT2D eigenvalue weighted by Crippen LogP contribution is 2.28. The molecule has 3 atom stereocenters. The van der Waals surface area contributed by atoms with Gasteiger partial charge in [-0.05, 0) is 97.4 Å². The molecule has 2 aromatic carbocycles. The van der Waals surface area contributed by atoms with E-state index in [4.69, 9.17) is 9.47 Å². The maximum atomic E-state index is 14.4. The molecule has 9 nitrogen and oxygen atoms in total. The van der Waals surface area contributed by atoms with Gasteiger partial charge in [-0.15, -0.1) is 0 Å². The van der Waals surface area contributed by atoms with Crippen molar-refractivity contribution in [3.05, 3.63) is 71.3 Å². The number of carbonyl (C=O) groups excluding carboxylic acids is 4. The average Bonchev–Trinajstić information content (AvgIpc) is 2.92. The lowest BCUT2D eigenvalue weighted by Gasteiger charge is -2.38. The molecule has 0 heterocycles. The Balaban J connectivity index is 2.59. The first-order valence-electron chi connectivity index (χ1n) is 15.4. The van der Waals surface area contributed by atoms with Crippen molar-refractivity contribution in [2.24, 2.45) is 0 Å². The van der Waals surface area contributed by atoms with Crippen LogP contribution in [0.5, 0.6) is 0 Å². The summed E-state index contributed by atoms with van der Waals surface area (Å²) >= 11 is 1.54. The molecule has 0 bridgehead atoms. The van der Waals surface area contributed by atoms with Crippen LogP contribution in [0.2, 0.25) is 0 Å². The van der Waals surface area contributed by atoms with Gasteiger partial charge in [0.15, 0.2) is 0 Å². The summed E-state index contributed by atoms with van der Waals surface area (Å²) in [4.78, 5) is 56.6. The zero-order valence-corrected chi connectivity index (χ0v) is 29.2. The largest absolute Gasteiger partial charge is 0.458 e. The van der Waals surface area contributed by atoms with Gasteiger partial charge in [-0.3, -0.25) is 9.59 Å². The minimum Gasteiger partial charge on any atom is -0.458 e. The lowest BCUT2D eigenvalue weighted by atomic mass is 9.96. The summed E-state index contributed by atoms with van der Waals surface area (Å²) in [6.45, 7) is 16.1. The van der Waals surface area contributed by atoms with E-state index in [-0.39, 0.29) is 6.42 Å². The topological polar surface area (TPSA) is 114 Å². The SMILES string of the molecule is CSCCC(NC(=O)OC(C)(C)C)C(=O)N(C(C)C)C(C(=O)NC(Cc1ccccc1)C(=O)OC(C)(C)C)c1ccccc1C. The van der Waals surface area contributed by atoms with Crippen molar-refractivity contribution >= 4 is 35.6 Å². The van der Waals surface area contributed by atoms with Crippen LogP contribution in [0, 0.1) is 6.92 Å². The van der Waals surface area contributed by atoms with Crippen LogP contribution >= 0.6 is 11.8 Å². The van der Waals surface area contributed by atoms with Crippen molar-refractivity contribution in [3.63, 3.8) is 0 Å². The van der Waals surface area contributed by atoms with Gasteiger partial charge in [0.25, 0.3) is 0 Å². The Morgan fingerprint density at radius 3 is 1.93 bits per heavy atom. The normalized spacial score (nSPS) is 13.8. The van der Waals surface area contributed by atoms with E-state index < -0.39 is 59.2 Å². The number of alkyl carbamates (subject to hydrolysis) is 1. The molecule has 45 heavy (non-hydrogen) atoms. The summed E-state index contributed by atoms with van der Waals surface area (Å²) < 4.78 is 11.2. The predicted molar refractivity (Wildman–Crippen MR) is 180 cm³/mol. The summed E-state index contributed by atoms with van der Waals surface area (Å²) in [6, 6.07) is 13.2. The zero-order chi connectivity index (χ0) is 33.9. The quantitative estimate of drug-likeness (QED) is 0.258. The number of rotatable bonds is 13. The van der Waals surface area contributed by atoms with Gasteiger partial charge in [0.2, 0.25) is 11.8 Å². The fourth-order valence-corrected chi connectivity index (χ4v) is 5.25. The van der Waals surface area contributed by atoms with Crippen LogP contribution in [0.3, 0.4) is 0 Å². The minimum absolute atomic E-state index is 0.203. The molecule has 0 spiro atoms. The van der Waals surface area contributed by atoms with Crippen molar-refractivity contribution in [1.82, 2.24) is 15.5 Å². The maximum absolute atomic E-state index is 14.4. The first-order valence-corrected chi connectivity index (χ1v) is 16.8. The second kappa shape index (κ2) is 16.7. The van der Waals surface area contributed by atoms with Crippen LogP contribution in [0.1, 0.15) is 84.5 Å². The molecule has 3 unspecified atom stereocenters. The second-order valence-corrected chi connectivity index (χ2v) is 14.3. The summed E-state index contributed by atoms with van der Waals surface area (Å²) in [5.41, 5.74) is 0.726. The van der Waals surface area contributed by atoms with E-state index in [2.05, 4.69) is 10.6 Å². The van der Waals surface area contributed by atoms with Gasteiger partial charge in [0, 0.05) is 12.5 Å². The zero-order valence-electron chi connectivity index (χ0n) is 28.4. The smallest absolute Gasteiger partial charge is 0.408 e. The maximum Gasteiger partial charge on any atom is 0.408 e. The van der Waals surface area contributed by atoms with Crippen LogP contribution in [0.4, 0.5) is 4.79 Å². The van der Waals surface area contributed by atoms with Crippen molar-refractivity contribution in [1.29, 1.82) is 0 Å². The Bertz CT molecular complexity index is 1290. The Kier molecular flexibility index (Phi) is 14.0. The third-order valence-electron chi connectivity index (χ3n) is 6.71. The minimum atomic E-state index is -1.10. The van der Waals surface area contributed by atoms with Crippen LogP contribution in [0.15, 0.2) is 54.6 Å². The number of amides is 3. The highest BCUT2D eigenvalue weighted by Gasteiger charge is 2.40. The number of nitrogens with one attached hydrogen (secondary N) is 2. The van der Waals surface area contributed by atoms with Gasteiger partial charge in [0.05, 0.1) is 0 Å². The molecule has 248 valence electrons. The number of aryl methyl sites for hydroxylation is 1. The van der Waals surface area contributed by atoms with Crippen LogP contribution in [-0.2, 0) is 30.3 Å². The molecule has 0 aliphatic rings. The predicted octanol–water partition coefficient (Wildman–Crippen LogP) is 5.99. The number of benzene rings is 2. The van der Waals surface area contributed by atoms with Crippen molar-refractivity contribution in [3.8, 4) is 0 Å². The van der Waals surface area contributed by atoms with Gasteiger partial charge in [-0.1, -0.05) is 54.6 Å². The van der Waals surface area contributed by atoms with Crippen LogP contribution in [-0.4, -0.2) is 70.1 Å². The monoisotopic (exact) mass is 641 g/mol. The number of ether oxygens (including phenoxy) is 2. The van der Waals surface area contributed by atoms with Gasteiger partial charge in [-0.2, -0.15) is 11.8 Å². The van der Waals surface area contributed by atoms with E-state index in [0.717, 1.165) is 11.1 Å². The Morgan fingerprint density at radius 2 is 1.40 bits per heavy atom. The number of nitrogens with zero attached hydrogens (tertiary/aromatic N) is 1. The van der Waals surface area contributed by atoms with E-state index in [9.17, 15) is 19.2 Å². The van der Waals surface area contributed by atoms with Crippen LogP contribution in [0.25, 0.3) is 0 Å². The summed E-state index contributed by atoms with van der Waals surface area (Å²) in [5.74, 6) is -0.934. The molecule has 10 heteroatoms. The van der Waals surface area contributed by atoms with Gasteiger partial charge >= 0.3 is 12.1 Å². The molecule has 2 N–H and O–H groups in total. The molecule has 2 aromatic rings. The molecule has 0 aliphatic carbocycles. The van der Waals surface area contributed by atoms with Crippen molar-refractivity contribution < 1.29 is 28.7 Å². The Labute approximate surface area is 273 Å². The number of esters is 1. The molecule has 3 amide bonds. The number of carbonyl (C=O) groups is 4. The number of thioether (sulfide) groups is 1. The molecule has 2 rings (SSSR count). The highest BCUT2D eigenvalue weighted by atomic mass is 32.2. The van der Waals surface area contributed by atoms with Crippen molar-refractivity contribution in [2.75, 3.05) is 12.0 Å². The summed E-state index contributed by atoms with van der Waals surface area (Å²) in [6.07, 6.45) is 1.74. The fourth-order valence-electron chi connectivity index (χ4n) is 4.78. The van der Waals surface area contributed by atoms with E-state index in [0.29, 0.717) is 17.7 Å². The molecular formula is C35H51N3O6S. The number of hydrogen-bond acceptors (Lipinski definition) is 7. The van der Waals surface area contributed by atoms with Crippen molar-refractivity contribution in [2.45, 2.75) is 111 Å². The first-order chi connectivity index (χ1) is 20.9. The third-order valence-corrected chi connectivity index (χ3v) is 7.35. The number of hydrogen-bond donors (Lipinski definition) is 2.